The summed E-state index contributed by atoms with van der Waals surface area (Å²) in [7, 11) is 3.65. The van der Waals surface area contributed by atoms with Crippen LogP contribution in [0.4, 0.5) is 0 Å². The number of rotatable bonds is 5. The molecule has 94 valence electrons. The van der Waals surface area contributed by atoms with Crippen molar-refractivity contribution in [2.45, 2.75) is 13.2 Å². The van der Waals surface area contributed by atoms with Crippen LogP contribution in [-0.2, 0) is 9.53 Å². The van der Waals surface area contributed by atoms with Crippen molar-refractivity contribution in [3.05, 3.63) is 29.3 Å². The van der Waals surface area contributed by atoms with E-state index in [1.54, 1.807) is 36.1 Å². The second-order valence-corrected chi connectivity index (χ2v) is 4.18. The van der Waals surface area contributed by atoms with E-state index in [0.717, 1.165) is 0 Å². The Hall–Kier alpha value is -1.26. The summed E-state index contributed by atoms with van der Waals surface area (Å²) in [4.78, 5) is 13.2. The average molecular weight is 258 g/mol. The van der Waals surface area contributed by atoms with E-state index in [9.17, 15) is 4.79 Å². The number of carbonyl (C=O) groups is 1. The van der Waals surface area contributed by atoms with Gasteiger partial charge in [0.2, 0.25) is 0 Å². The fourth-order valence-corrected chi connectivity index (χ4v) is 1.22. The Morgan fingerprint density at radius 2 is 2.06 bits per heavy atom. The second kappa shape index (κ2) is 6.47. The molecule has 0 radical (unpaired) electrons. The maximum Gasteiger partial charge on any atom is 0.345 e. The predicted molar refractivity (Wildman–Crippen MR) is 66.2 cm³/mol. The predicted octanol–water partition coefficient (Wildman–Crippen LogP) is 2.17. The molecule has 0 aliphatic rings. The van der Waals surface area contributed by atoms with Crippen molar-refractivity contribution in [3.8, 4) is 5.75 Å². The van der Waals surface area contributed by atoms with Crippen molar-refractivity contribution in [1.29, 1.82) is 0 Å². The summed E-state index contributed by atoms with van der Waals surface area (Å²) in [5.41, 5.74) is 0. The fourth-order valence-electron chi connectivity index (χ4n) is 1.03. The minimum atomic E-state index is -0.425. The zero-order valence-electron chi connectivity index (χ0n) is 10.1. The fraction of sp³-hybridized carbons (Fsp3) is 0.417. The molecule has 0 saturated heterocycles. The van der Waals surface area contributed by atoms with Gasteiger partial charge in [0.15, 0.2) is 12.8 Å². The highest BCUT2D eigenvalue weighted by atomic mass is 35.5. The van der Waals surface area contributed by atoms with Gasteiger partial charge in [-0.25, -0.2) is 4.79 Å². The van der Waals surface area contributed by atoms with Crippen LogP contribution in [0.3, 0.4) is 0 Å². The van der Waals surface area contributed by atoms with Crippen molar-refractivity contribution in [2.75, 3.05) is 20.7 Å². The van der Waals surface area contributed by atoms with Gasteiger partial charge in [0.25, 0.3) is 0 Å². The van der Waals surface area contributed by atoms with Crippen LogP contribution < -0.4 is 4.74 Å². The number of esters is 1. The number of hydrogen-bond donors (Lipinski definition) is 0. The molecular formula is C12H16ClNO3. The van der Waals surface area contributed by atoms with Gasteiger partial charge in [-0.1, -0.05) is 23.7 Å². The highest BCUT2D eigenvalue weighted by molar-refractivity contribution is 6.32. The molecule has 0 N–H and O–H groups in total. The monoisotopic (exact) mass is 257 g/mol. The summed E-state index contributed by atoms with van der Waals surface area (Å²) in [6, 6.07) is 6.98. The lowest BCUT2D eigenvalue weighted by Gasteiger charge is -2.19. The molecule has 0 spiro atoms. The number of nitrogens with zero attached hydrogens (tertiary/aromatic N) is 1. The molecule has 1 aromatic carbocycles. The van der Waals surface area contributed by atoms with Gasteiger partial charge in [-0.15, -0.1) is 0 Å². The summed E-state index contributed by atoms with van der Waals surface area (Å²) in [5.74, 6) is 0.0507. The van der Waals surface area contributed by atoms with Crippen molar-refractivity contribution < 1.29 is 14.3 Å². The number of ether oxygens (including phenoxy) is 2. The maximum absolute atomic E-state index is 11.4. The van der Waals surface area contributed by atoms with Gasteiger partial charge in [0.05, 0.1) is 5.02 Å². The summed E-state index contributed by atoms with van der Waals surface area (Å²) in [6.45, 7) is 1.63. The van der Waals surface area contributed by atoms with Crippen molar-refractivity contribution in [1.82, 2.24) is 4.90 Å². The minimum Gasteiger partial charge on any atom is -0.480 e. The first-order chi connectivity index (χ1) is 8.00. The topological polar surface area (TPSA) is 38.8 Å². The third-order valence-corrected chi connectivity index (χ3v) is 2.52. The molecule has 1 atom stereocenters. The highest BCUT2D eigenvalue weighted by Gasteiger charge is 2.12. The molecule has 0 aliphatic heterocycles. The van der Waals surface area contributed by atoms with Gasteiger partial charge < -0.3 is 9.47 Å². The zero-order chi connectivity index (χ0) is 12.8. The Morgan fingerprint density at radius 1 is 1.41 bits per heavy atom. The molecule has 0 heterocycles. The first-order valence-electron chi connectivity index (χ1n) is 5.24. The Morgan fingerprint density at radius 3 is 2.65 bits per heavy atom. The number of hydrogen-bond acceptors (Lipinski definition) is 4. The number of para-hydroxylation sites is 1. The summed E-state index contributed by atoms with van der Waals surface area (Å²) in [5, 5.41) is 0.473. The Balaban J connectivity index is 2.41. The molecule has 0 amide bonds. The molecule has 0 fully saturated rings. The van der Waals surface area contributed by atoms with Crippen LogP contribution in [0.25, 0.3) is 0 Å². The smallest absolute Gasteiger partial charge is 0.345 e. The van der Waals surface area contributed by atoms with Crippen LogP contribution in [0, 0.1) is 0 Å². The summed E-state index contributed by atoms with van der Waals surface area (Å²) >= 11 is 5.88. The van der Waals surface area contributed by atoms with E-state index in [4.69, 9.17) is 21.1 Å². The molecule has 5 heteroatoms. The van der Waals surface area contributed by atoms with Crippen molar-refractivity contribution in [2.24, 2.45) is 0 Å². The molecule has 1 rings (SSSR count). The lowest BCUT2D eigenvalue weighted by molar-refractivity contribution is -0.157. The molecule has 0 bridgehead atoms. The molecule has 0 aliphatic carbocycles. The lowest BCUT2D eigenvalue weighted by Crippen LogP contribution is -2.31. The lowest BCUT2D eigenvalue weighted by atomic mass is 10.3. The molecule has 4 nitrogen and oxygen atoms in total. The molecule has 0 saturated carbocycles. The highest BCUT2D eigenvalue weighted by Crippen LogP contribution is 2.22. The van der Waals surface area contributed by atoms with Gasteiger partial charge in [-0.3, -0.25) is 4.90 Å². The van der Waals surface area contributed by atoms with Gasteiger partial charge in [0, 0.05) is 0 Å². The third kappa shape index (κ3) is 4.63. The molecule has 1 unspecified atom stereocenters. The minimum absolute atomic E-state index is 0.151. The van der Waals surface area contributed by atoms with E-state index in [1.807, 2.05) is 14.1 Å². The largest absolute Gasteiger partial charge is 0.480 e. The number of halogens is 1. The summed E-state index contributed by atoms with van der Waals surface area (Å²) < 4.78 is 10.3. The van der Waals surface area contributed by atoms with Crippen LogP contribution in [0.1, 0.15) is 6.92 Å². The van der Waals surface area contributed by atoms with Crippen molar-refractivity contribution >= 4 is 17.6 Å². The summed E-state index contributed by atoms with van der Waals surface area (Å²) in [6.07, 6.45) is -0.280. The van der Waals surface area contributed by atoms with E-state index < -0.39 is 5.97 Å². The normalized spacial score (nSPS) is 12.3. The Bertz CT molecular complexity index is 382. The van der Waals surface area contributed by atoms with Gasteiger partial charge in [-0.2, -0.15) is 0 Å². The Labute approximate surface area is 106 Å². The van der Waals surface area contributed by atoms with Gasteiger partial charge in [-0.05, 0) is 33.2 Å². The number of benzene rings is 1. The zero-order valence-corrected chi connectivity index (χ0v) is 10.9. The first-order valence-corrected chi connectivity index (χ1v) is 5.61. The molecule has 17 heavy (non-hydrogen) atoms. The van der Waals surface area contributed by atoms with Crippen molar-refractivity contribution in [3.63, 3.8) is 0 Å². The molecular weight excluding hydrogens is 242 g/mol. The van der Waals surface area contributed by atoms with E-state index in [0.29, 0.717) is 10.8 Å². The Kier molecular flexibility index (Phi) is 5.25. The quantitative estimate of drug-likeness (QED) is 0.599. The van der Waals surface area contributed by atoms with Crippen LogP contribution in [0.15, 0.2) is 24.3 Å². The van der Waals surface area contributed by atoms with Crippen LogP contribution in [0.2, 0.25) is 5.02 Å². The van der Waals surface area contributed by atoms with E-state index in [2.05, 4.69) is 0 Å². The van der Waals surface area contributed by atoms with E-state index in [-0.39, 0.29) is 12.8 Å². The number of carbonyl (C=O) groups excluding carboxylic acids is 1. The van der Waals surface area contributed by atoms with Crippen LogP contribution in [-0.4, -0.2) is 37.8 Å². The van der Waals surface area contributed by atoms with Crippen LogP contribution >= 0.6 is 11.6 Å². The molecule has 0 aromatic heterocycles. The van der Waals surface area contributed by atoms with Gasteiger partial charge in [0.1, 0.15) is 5.75 Å². The maximum atomic E-state index is 11.4. The average Bonchev–Trinajstić information content (AvgIpc) is 2.27. The van der Waals surface area contributed by atoms with Gasteiger partial charge >= 0.3 is 5.97 Å². The standard InChI is InChI=1S/C12H16ClNO3/c1-9(14(2)3)17-12(15)8-16-11-7-5-4-6-10(11)13/h4-7,9H,8H2,1-3H3. The first kappa shape index (κ1) is 13.8. The second-order valence-electron chi connectivity index (χ2n) is 3.77. The third-order valence-electron chi connectivity index (χ3n) is 2.21. The van der Waals surface area contributed by atoms with Crippen LogP contribution in [0.5, 0.6) is 5.75 Å². The van der Waals surface area contributed by atoms with E-state index >= 15 is 0 Å². The SMILES string of the molecule is CC(OC(=O)COc1ccccc1Cl)N(C)C. The molecule has 1 aromatic rings. The van der Waals surface area contributed by atoms with E-state index in [1.165, 1.54) is 0 Å².